The minimum atomic E-state index is -0.872. The average molecular weight is 339 g/mol. The molecule has 2 amide bonds. The largest absolute Gasteiger partial charge is 0.371 e. The Kier molecular flexibility index (Phi) is 6.25. The molecule has 8 nitrogen and oxygen atoms in total. The zero-order valence-corrected chi connectivity index (χ0v) is 15.7. The van der Waals surface area contributed by atoms with Crippen molar-refractivity contribution in [2.75, 3.05) is 13.6 Å². The second-order valence-corrected chi connectivity index (χ2v) is 8.18. The van der Waals surface area contributed by atoms with Crippen LogP contribution in [0.3, 0.4) is 0 Å². The van der Waals surface area contributed by atoms with Crippen molar-refractivity contribution in [1.29, 1.82) is 0 Å². The summed E-state index contributed by atoms with van der Waals surface area (Å²) in [6.45, 7) is 11.6. The first-order valence-electron chi connectivity index (χ1n) is 8.15. The van der Waals surface area contributed by atoms with Gasteiger partial charge in [-0.1, -0.05) is 25.9 Å². The highest BCUT2D eigenvalue weighted by Crippen LogP contribution is 2.30. The number of rotatable bonds is 4. The number of likely N-dealkylation sites (tertiary alicyclic amines) is 1. The molecule has 8 heteroatoms. The number of ether oxygens (including phenoxy) is 1. The molecule has 136 valence electrons. The molecule has 0 aliphatic carbocycles. The second-order valence-electron chi connectivity index (χ2n) is 8.18. The van der Waals surface area contributed by atoms with Crippen molar-refractivity contribution in [2.24, 2.45) is 10.5 Å². The number of carbonyl (C=O) groups excluding carboxylic acids is 2. The van der Waals surface area contributed by atoms with Crippen molar-refractivity contribution in [3.05, 3.63) is 10.4 Å². The topological polar surface area (TPSA) is 107 Å². The molecule has 1 N–H and O–H groups in total. The van der Waals surface area contributed by atoms with Crippen LogP contribution in [0.1, 0.15) is 48.0 Å². The predicted molar refractivity (Wildman–Crippen MR) is 91.2 cm³/mol. The van der Waals surface area contributed by atoms with E-state index in [2.05, 4.69) is 15.3 Å². The van der Waals surface area contributed by atoms with Gasteiger partial charge in [-0.2, -0.15) is 0 Å². The van der Waals surface area contributed by atoms with E-state index < -0.39 is 17.5 Å². The van der Waals surface area contributed by atoms with E-state index in [1.165, 1.54) is 11.9 Å². The summed E-state index contributed by atoms with van der Waals surface area (Å²) in [6, 6.07) is -1.49. The number of azide groups is 1. The first-order chi connectivity index (χ1) is 10.9. The molecule has 1 saturated heterocycles. The van der Waals surface area contributed by atoms with Crippen LogP contribution in [0.4, 0.5) is 0 Å². The van der Waals surface area contributed by atoms with Gasteiger partial charge in [-0.3, -0.25) is 9.59 Å². The molecule has 0 unspecified atom stereocenters. The van der Waals surface area contributed by atoms with Gasteiger partial charge in [-0.05, 0) is 31.7 Å². The minimum Gasteiger partial charge on any atom is -0.371 e. The summed E-state index contributed by atoms with van der Waals surface area (Å²) in [5, 5.41) is 6.27. The van der Waals surface area contributed by atoms with Crippen molar-refractivity contribution in [3.63, 3.8) is 0 Å². The smallest absolute Gasteiger partial charge is 0.242 e. The third-order valence-electron chi connectivity index (χ3n) is 3.84. The Bertz CT molecular complexity index is 529. The summed E-state index contributed by atoms with van der Waals surface area (Å²) in [5.74, 6) is -0.578. The molecule has 0 bridgehead atoms. The Morgan fingerprint density at radius 1 is 1.29 bits per heavy atom. The van der Waals surface area contributed by atoms with Crippen molar-refractivity contribution in [2.45, 2.75) is 71.8 Å². The maximum Gasteiger partial charge on any atom is 0.242 e. The Hall–Kier alpha value is -1.79. The maximum absolute atomic E-state index is 12.9. The highest BCUT2D eigenvalue weighted by molar-refractivity contribution is 5.90. The molecule has 0 aromatic carbocycles. The number of likely N-dealkylation sites (N-methyl/N-ethyl adjacent to an activating group) is 1. The number of amides is 2. The lowest BCUT2D eigenvalue weighted by atomic mass is 9.86. The lowest BCUT2D eigenvalue weighted by Gasteiger charge is -2.32. The number of nitrogens with zero attached hydrogens (tertiary/aromatic N) is 4. The highest BCUT2D eigenvalue weighted by atomic mass is 16.5. The maximum atomic E-state index is 12.9. The first-order valence-corrected chi connectivity index (χ1v) is 8.15. The van der Waals surface area contributed by atoms with E-state index in [-0.39, 0.29) is 23.5 Å². The molecular weight excluding hydrogens is 310 g/mol. The van der Waals surface area contributed by atoms with Crippen LogP contribution in [0.5, 0.6) is 0 Å². The van der Waals surface area contributed by atoms with E-state index >= 15 is 0 Å². The summed E-state index contributed by atoms with van der Waals surface area (Å²) in [6.07, 6.45) is 0.193. The lowest BCUT2D eigenvalue weighted by molar-refractivity contribution is -0.141. The van der Waals surface area contributed by atoms with Crippen LogP contribution in [0.15, 0.2) is 5.11 Å². The van der Waals surface area contributed by atoms with Gasteiger partial charge in [0.05, 0.1) is 11.7 Å². The van der Waals surface area contributed by atoms with Crippen LogP contribution >= 0.6 is 0 Å². The third-order valence-corrected chi connectivity index (χ3v) is 3.84. The fraction of sp³-hybridized carbons (Fsp3) is 0.875. The summed E-state index contributed by atoms with van der Waals surface area (Å²) < 4.78 is 5.95. The molecule has 1 heterocycles. The van der Waals surface area contributed by atoms with Crippen molar-refractivity contribution in [3.8, 4) is 0 Å². The van der Waals surface area contributed by atoms with Gasteiger partial charge in [0.2, 0.25) is 11.8 Å². The molecule has 0 aromatic heterocycles. The van der Waals surface area contributed by atoms with Gasteiger partial charge >= 0.3 is 0 Å². The number of hydrogen-bond acceptors (Lipinski definition) is 4. The summed E-state index contributed by atoms with van der Waals surface area (Å²) in [5.41, 5.74) is 7.89. The molecule has 0 saturated carbocycles. The molecule has 0 radical (unpaired) electrons. The Balaban J connectivity index is 3.09. The number of nitrogens with one attached hydrogen (secondary N) is 1. The molecule has 1 rings (SSSR count). The predicted octanol–water partition coefficient (Wildman–Crippen LogP) is 2.24. The van der Waals surface area contributed by atoms with E-state index in [0.29, 0.717) is 13.0 Å². The molecule has 24 heavy (non-hydrogen) atoms. The molecular formula is C16H29N5O3. The first kappa shape index (κ1) is 20.3. The van der Waals surface area contributed by atoms with E-state index in [1.54, 1.807) is 0 Å². The standard InChI is InChI=1S/C16H29N5O3/c1-15(2,3)12(19-20-17)14(23)21-9-10(24-16(4,5)6)8-11(21)13(22)18-7/h10-12H,8-9H2,1-7H3,(H,18,22)/t10-,11+,12-/m1/s1. The van der Waals surface area contributed by atoms with Crippen LogP contribution in [0, 0.1) is 5.41 Å². The molecule has 1 aliphatic rings. The van der Waals surface area contributed by atoms with Gasteiger partial charge < -0.3 is 15.0 Å². The number of carbonyl (C=O) groups is 2. The fourth-order valence-electron chi connectivity index (χ4n) is 2.84. The zero-order chi connectivity index (χ0) is 18.7. The highest BCUT2D eigenvalue weighted by Gasteiger charge is 2.44. The molecule has 1 fully saturated rings. The van der Waals surface area contributed by atoms with Gasteiger partial charge in [0.15, 0.2) is 0 Å². The van der Waals surface area contributed by atoms with Crippen LogP contribution < -0.4 is 5.32 Å². The van der Waals surface area contributed by atoms with Gasteiger partial charge in [-0.25, -0.2) is 0 Å². The lowest BCUT2D eigenvalue weighted by Crippen LogP contribution is -2.50. The van der Waals surface area contributed by atoms with E-state index in [1.807, 2.05) is 41.5 Å². The summed E-state index contributed by atoms with van der Waals surface area (Å²) in [4.78, 5) is 29.5. The monoisotopic (exact) mass is 339 g/mol. The summed E-state index contributed by atoms with van der Waals surface area (Å²) >= 11 is 0. The molecule has 0 spiro atoms. The Labute approximate surface area is 143 Å². The van der Waals surface area contributed by atoms with Crippen LogP contribution in [0.25, 0.3) is 10.4 Å². The SMILES string of the molecule is CNC(=O)[C@@H]1C[C@@H](OC(C)(C)C)CN1C(=O)[C@@H](N=[N+]=[N-])C(C)(C)C. The van der Waals surface area contributed by atoms with E-state index in [0.717, 1.165) is 0 Å². The van der Waals surface area contributed by atoms with E-state index in [9.17, 15) is 9.59 Å². The van der Waals surface area contributed by atoms with Crippen LogP contribution in [-0.4, -0.2) is 54.1 Å². The van der Waals surface area contributed by atoms with Crippen molar-refractivity contribution < 1.29 is 14.3 Å². The molecule has 1 aliphatic heterocycles. The second kappa shape index (κ2) is 7.40. The van der Waals surface area contributed by atoms with Crippen LogP contribution in [-0.2, 0) is 14.3 Å². The fourth-order valence-corrected chi connectivity index (χ4v) is 2.84. The molecule has 0 aromatic rings. The zero-order valence-electron chi connectivity index (χ0n) is 15.7. The van der Waals surface area contributed by atoms with Gasteiger partial charge in [0, 0.05) is 24.9 Å². The van der Waals surface area contributed by atoms with Gasteiger partial charge in [0.25, 0.3) is 0 Å². The Morgan fingerprint density at radius 2 is 1.88 bits per heavy atom. The Morgan fingerprint density at radius 3 is 2.29 bits per heavy atom. The van der Waals surface area contributed by atoms with Crippen LogP contribution in [0.2, 0.25) is 0 Å². The minimum absolute atomic E-state index is 0.233. The van der Waals surface area contributed by atoms with Gasteiger partial charge in [-0.15, -0.1) is 0 Å². The summed E-state index contributed by atoms with van der Waals surface area (Å²) in [7, 11) is 1.54. The van der Waals surface area contributed by atoms with Crippen molar-refractivity contribution >= 4 is 11.8 Å². The normalized spacial score (nSPS) is 22.7. The third kappa shape index (κ3) is 5.11. The van der Waals surface area contributed by atoms with Crippen molar-refractivity contribution in [1.82, 2.24) is 10.2 Å². The van der Waals surface area contributed by atoms with Gasteiger partial charge in [0.1, 0.15) is 12.1 Å². The molecule has 3 atom stereocenters. The number of hydrogen-bond donors (Lipinski definition) is 1. The quantitative estimate of drug-likeness (QED) is 0.482. The van der Waals surface area contributed by atoms with E-state index in [4.69, 9.17) is 10.3 Å². The average Bonchev–Trinajstić information content (AvgIpc) is 2.83.